The van der Waals surface area contributed by atoms with Crippen LogP contribution >= 0.6 is 0 Å². The van der Waals surface area contributed by atoms with Gasteiger partial charge in [0.2, 0.25) is 0 Å². The number of aliphatic hydroxyl groups excluding tert-OH is 1. The Bertz CT molecular complexity index is 856. The van der Waals surface area contributed by atoms with Gasteiger partial charge in [-0.1, -0.05) is 6.92 Å². The highest BCUT2D eigenvalue weighted by Crippen LogP contribution is 2.72. The van der Waals surface area contributed by atoms with Crippen LogP contribution in [0.25, 0.3) is 0 Å². The standard InChI is InChI=1S/C29H50O10/c1-25(2)37-15-28-23(39-25)11-20(35-16-32-4)12-27(28,31)9-8-21-24(28)22(36-17-33-5)13-26(3)19(14-30)7-10-29(21,26)38-18-34-6/h19-24,30-31H,7-18H2,1-6H3/t19-,20+,21-,22-,23-,24-,26-,27+,28-,29+/m1/s1. The van der Waals surface area contributed by atoms with Gasteiger partial charge in [-0.15, -0.1) is 0 Å². The van der Waals surface area contributed by atoms with Crippen LogP contribution in [0.3, 0.4) is 0 Å². The zero-order chi connectivity index (χ0) is 28.1. The lowest BCUT2D eigenvalue weighted by atomic mass is 9.40. The molecule has 0 radical (unpaired) electrons. The predicted octanol–water partition coefficient (Wildman–Crippen LogP) is 2.83. The van der Waals surface area contributed by atoms with Gasteiger partial charge in [0.05, 0.1) is 41.5 Å². The average molecular weight is 559 g/mol. The molecule has 0 aromatic carbocycles. The highest BCUT2D eigenvalue weighted by Gasteiger charge is 2.77. The van der Waals surface area contributed by atoms with Crippen molar-refractivity contribution < 1.29 is 48.1 Å². The van der Waals surface area contributed by atoms with Gasteiger partial charge >= 0.3 is 0 Å². The maximum atomic E-state index is 12.7. The molecule has 10 atom stereocenters. The number of rotatable bonds is 10. The first-order valence-corrected chi connectivity index (χ1v) is 14.6. The van der Waals surface area contributed by atoms with Gasteiger partial charge in [0, 0.05) is 52.1 Å². The molecule has 2 N–H and O–H groups in total. The number of aliphatic hydroxyl groups is 2. The summed E-state index contributed by atoms with van der Waals surface area (Å²) in [5.74, 6) is -0.803. The molecule has 1 spiro atoms. The van der Waals surface area contributed by atoms with E-state index in [1.165, 1.54) is 0 Å². The Kier molecular flexibility index (Phi) is 8.50. The van der Waals surface area contributed by atoms with Crippen LogP contribution in [0.4, 0.5) is 0 Å². The smallest absolute Gasteiger partial charge is 0.163 e. The fourth-order valence-corrected chi connectivity index (χ4v) is 9.69. The zero-order valence-corrected chi connectivity index (χ0v) is 24.6. The molecule has 1 saturated heterocycles. The van der Waals surface area contributed by atoms with Crippen LogP contribution in [0.5, 0.6) is 0 Å². The van der Waals surface area contributed by atoms with Gasteiger partial charge in [0.15, 0.2) is 5.79 Å². The lowest BCUT2D eigenvalue weighted by Crippen LogP contribution is -2.78. The first-order chi connectivity index (χ1) is 18.6. The molecule has 1 aliphatic heterocycles. The monoisotopic (exact) mass is 558 g/mol. The van der Waals surface area contributed by atoms with Crippen LogP contribution in [0.15, 0.2) is 0 Å². The van der Waals surface area contributed by atoms with E-state index in [1.54, 1.807) is 21.3 Å². The predicted molar refractivity (Wildman–Crippen MR) is 139 cm³/mol. The number of fused-ring (bicyclic) bond motifs is 3. The van der Waals surface area contributed by atoms with Gasteiger partial charge in [0.1, 0.15) is 20.4 Å². The van der Waals surface area contributed by atoms with E-state index in [0.29, 0.717) is 32.3 Å². The maximum Gasteiger partial charge on any atom is 0.163 e. The molecule has 226 valence electrons. The molecule has 5 rings (SSSR count). The van der Waals surface area contributed by atoms with E-state index in [-0.39, 0.29) is 68.5 Å². The molecule has 10 nitrogen and oxygen atoms in total. The Morgan fingerprint density at radius 3 is 2.31 bits per heavy atom. The highest BCUT2D eigenvalue weighted by atomic mass is 16.7. The molecular weight excluding hydrogens is 508 g/mol. The largest absolute Gasteiger partial charge is 0.396 e. The highest BCUT2D eigenvalue weighted by molar-refractivity contribution is 5.25. The molecule has 0 aromatic heterocycles. The van der Waals surface area contributed by atoms with E-state index >= 15 is 0 Å². The van der Waals surface area contributed by atoms with Crippen molar-refractivity contribution in [1.82, 2.24) is 0 Å². The van der Waals surface area contributed by atoms with Gasteiger partial charge in [0.25, 0.3) is 0 Å². The van der Waals surface area contributed by atoms with Gasteiger partial charge in [-0.3, -0.25) is 0 Å². The number of hydrogen-bond acceptors (Lipinski definition) is 10. The second-order valence-electron chi connectivity index (χ2n) is 13.3. The Morgan fingerprint density at radius 1 is 0.897 bits per heavy atom. The maximum absolute atomic E-state index is 12.7. The lowest BCUT2D eigenvalue weighted by molar-refractivity contribution is -0.409. The number of hydrogen-bond donors (Lipinski definition) is 2. The van der Waals surface area contributed by atoms with Crippen LogP contribution < -0.4 is 0 Å². The van der Waals surface area contributed by atoms with Gasteiger partial charge in [-0.25, -0.2) is 0 Å². The fraction of sp³-hybridized carbons (Fsp3) is 1.00. The van der Waals surface area contributed by atoms with Gasteiger partial charge < -0.3 is 48.1 Å². The van der Waals surface area contributed by atoms with Crippen molar-refractivity contribution in [3.05, 3.63) is 0 Å². The number of ether oxygens (including phenoxy) is 8. The normalized spacial score (nSPS) is 48.6. The molecular formula is C29H50O10. The minimum atomic E-state index is -1.09. The van der Waals surface area contributed by atoms with Crippen LogP contribution in [0.2, 0.25) is 0 Å². The van der Waals surface area contributed by atoms with E-state index in [4.69, 9.17) is 37.9 Å². The third kappa shape index (κ3) is 4.53. The van der Waals surface area contributed by atoms with Crippen molar-refractivity contribution in [2.45, 2.75) is 101 Å². The summed E-state index contributed by atoms with van der Waals surface area (Å²) >= 11 is 0. The molecule has 39 heavy (non-hydrogen) atoms. The second-order valence-corrected chi connectivity index (χ2v) is 13.3. The van der Waals surface area contributed by atoms with Crippen molar-refractivity contribution in [2.24, 2.45) is 28.6 Å². The van der Waals surface area contributed by atoms with Crippen LogP contribution in [-0.2, 0) is 37.9 Å². The fourth-order valence-electron chi connectivity index (χ4n) is 9.69. The van der Waals surface area contributed by atoms with Crippen LogP contribution in [0.1, 0.15) is 65.7 Å². The molecule has 0 bridgehead atoms. The average Bonchev–Trinajstić information content (AvgIpc) is 3.19. The van der Waals surface area contributed by atoms with Gasteiger partial charge in [-0.05, 0) is 57.8 Å². The Morgan fingerprint density at radius 2 is 1.62 bits per heavy atom. The summed E-state index contributed by atoms with van der Waals surface area (Å²) in [4.78, 5) is 0. The molecule has 0 amide bonds. The Hall–Kier alpha value is -0.400. The van der Waals surface area contributed by atoms with E-state index in [0.717, 1.165) is 19.3 Å². The summed E-state index contributed by atoms with van der Waals surface area (Å²) in [7, 11) is 4.89. The summed E-state index contributed by atoms with van der Waals surface area (Å²) in [6.45, 7) is 7.05. The second kappa shape index (κ2) is 11.0. The first-order valence-electron chi connectivity index (χ1n) is 14.6. The van der Waals surface area contributed by atoms with Crippen LogP contribution in [-0.4, -0.2) is 100 Å². The summed E-state index contributed by atoms with van der Waals surface area (Å²) < 4.78 is 48.6. The first kappa shape index (κ1) is 30.1. The quantitative estimate of drug-likeness (QED) is 0.388. The van der Waals surface area contributed by atoms with Crippen molar-refractivity contribution in [3.63, 3.8) is 0 Å². The minimum Gasteiger partial charge on any atom is -0.396 e. The summed E-state index contributed by atoms with van der Waals surface area (Å²) in [6, 6.07) is 0. The molecule has 1 heterocycles. The van der Waals surface area contributed by atoms with E-state index in [1.807, 2.05) is 13.8 Å². The van der Waals surface area contributed by atoms with Crippen molar-refractivity contribution in [3.8, 4) is 0 Å². The molecule has 4 aliphatic carbocycles. The van der Waals surface area contributed by atoms with Crippen LogP contribution in [0, 0.1) is 28.6 Å². The topological polar surface area (TPSA) is 114 Å². The Labute approximate surface area is 232 Å². The molecule has 5 fully saturated rings. The summed E-state index contributed by atoms with van der Waals surface area (Å²) in [5, 5.41) is 23.2. The summed E-state index contributed by atoms with van der Waals surface area (Å²) in [6.07, 6.45) is 4.02. The number of methoxy groups -OCH3 is 3. The molecule has 0 aromatic rings. The van der Waals surface area contributed by atoms with Crippen molar-refractivity contribution in [1.29, 1.82) is 0 Å². The zero-order valence-electron chi connectivity index (χ0n) is 24.6. The van der Waals surface area contributed by atoms with Crippen molar-refractivity contribution >= 4 is 0 Å². The Balaban J connectivity index is 1.63. The molecule has 0 unspecified atom stereocenters. The van der Waals surface area contributed by atoms with E-state index in [2.05, 4.69) is 6.92 Å². The molecule has 5 aliphatic rings. The van der Waals surface area contributed by atoms with Crippen molar-refractivity contribution in [2.75, 3.05) is 54.9 Å². The van der Waals surface area contributed by atoms with Gasteiger partial charge in [-0.2, -0.15) is 0 Å². The van der Waals surface area contributed by atoms with E-state index < -0.39 is 22.4 Å². The minimum absolute atomic E-state index is 0.0393. The third-order valence-electron chi connectivity index (χ3n) is 11.3. The SMILES string of the molecule is COCO[C@H]1C[C@H]2OC(C)(C)OC[C@]23[C@@H]2[C@@H](CC[C@]3(O)C1)[C@@]1(OCOC)CC[C@H](CO)[C@@]1(C)C[C@H]2OCOC. The molecule has 4 saturated carbocycles. The summed E-state index contributed by atoms with van der Waals surface area (Å²) in [5.41, 5.74) is -2.70. The lowest BCUT2D eigenvalue weighted by Gasteiger charge is -2.71. The third-order valence-corrected chi connectivity index (χ3v) is 11.3. The van der Waals surface area contributed by atoms with E-state index in [9.17, 15) is 10.2 Å². The molecule has 10 heteroatoms.